The van der Waals surface area contributed by atoms with E-state index in [1.165, 1.54) is 0 Å². The lowest BCUT2D eigenvalue weighted by molar-refractivity contribution is -0.151. The number of fused-ring (bicyclic) bond motifs is 3. The standard InChI is InChI=1S/C16H29N3O2/c1-21-13-12-18-8-10-19(11-9-18)14(20)15-2-5-16(17,6-3-15)7-4-15/h2-13,17H2,1H3. The van der Waals surface area contributed by atoms with Gasteiger partial charge in [0.15, 0.2) is 0 Å². The molecule has 2 N–H and O–H groups in total. The minimum Gasteiger partial charge on any atom is -0.383 e. The van der Waals surface area contributed by atoms with E-state index in [2.05, 4.69) is 9.80 Å². The number of nitrogens with two attached hydrogens (primary N) is 1. The van der Waals surface area contributed by atoms with Crippen molar-refractivity contribution in [3.8, 4) is 0 Å². The van der Waals surface area contributed by atoms with Crippen LogP contribution in [0.2, 0.25) is 0 Å². The molecule has 120 valence electrons. The zero-order valence-electron chi connectivity index (χ0n) is 13.3. The van der Waals surface area contributed by atoms with Gasteiger partial charge in [-0.3, -0.25) is 9.69 Å². The third-order valence-corrected chi connectivity index (χ3v) is 6.03. The van der Waals surface area contributed by atoms with Gasteiger partial charge in [-0.2, -0.15) is 0 Å². The second-order valence-corrected chi connectivity index (χ2v) is 7.27. The fourth-order valence-electron chi connectivity index (χ4n) is 4.27. The Morgan fingerprint density at radius 1 is 1.05 bits per heavy atom. The number of rotatable bonds is 4. The topological polar surface area (TPSA) is 58.8 Å². The van der Waals surface area contributed by atoms with E-state index in [1.807, 2.05) is 0 Å². The van der Waals surface area contributed by atoms with E-state index in [0.29, 0.717) is 5.91 Å². The molecule has 0 radical (unpaired) electrons. The quantitative estimate of drug-likeness (QED) is 0.834. The van der Waals surface area contributed by atoms with Crippen molar-refractivity contribution in [1.82, 2.24) is 9.80 Å². The van der Waals surface area contributed by atoms with Crippen LogP contribution < -0.4 is 5.73 Å². The Labute approximate surface area is 127 Å². The molecular weight excluding hydrogens is 266 g/mol. The van der Waals surface area contributed by atoms with Crippen molar-refractivity contribution in [3.63, 3.8) is 0 Å². The summed E-state index contributed by atoms with van der Waals surface area (Å²) in [5.41, 5.74) is 6.32. The summed E-state index contributed by atoms with van der Waals surface area (Å²) >= 11 is 0. The largest absolute Gasteiger partial charge is 0.383 e. The summed E-state index contributed by atoms with van der Waals surface area (Å²) in [5, 5.41) is 0. The molecule has 0 atom stereocenters. The predicted octanol–water partition coefficient (Wildman–Crippen LogP) is 0.829. The molecule has 5 nitrogen and oxygen atoms in total. The highest BCUT2D eigenvalue weighted by Gasteiger charge is 2.52. The maximum Gasteiger partial charge on any atom is 0.228 e. The van der Waals surface area contributed by atoms with Crippen molar-refractivity contribution in [1.29, 1.82) is 0 Å². The van der Waals surface area contributed by atoms with Gasteiger partial charge in [-0.15, -0.1) is 0 Å². The van der Waals surface area contributed by atoms with Crippen LogP contribution in [0.25, 0.3) is 0 Å². The van der Waals surface area contributed by atoms with E-state index in [-0.39, 0.29) is 11.0 Å². The summed E-state index contributed by atoms with van der Waals surface area (Å²) in [5.74, 6) is 0.413. The zero-order valence-corrected chi connectivity index (χ0v) is 13.3. The molecule has 21 heavy (non-hydrogen) atoms. The van der Waals surface area contributed by atoms with Crippen LogP contribution in [0, 0.1) is 5.41 Å². The monoisotopic (exact) mass is 295 g/mol. The molecule has 4 aliphatic rings. The van der Waals surface area contributed by atoms with Crippen LogP contribution >= 0.6 is 0 Å². The van der Waals surface area contributed by atoms with Crippen LogP contribution in [0.4, 0.5) is 0 Å². The molecule has 4 rings (SSSR count). The Balaban J connectivity index is 1.55. The van der Waals surface area contributed by atoms with E-state index in [0.717, 1.165) is 77.9 Å². The van der Waals surface area contributed by atoms with Gasteiger partial charge in [-0.1, -0.05) is 0 Å². The van der Waals surface area contributed by atoms with Crippen molar-refractivity contribution in [2.45, 2.75) is 44.1 Å². The second-order valence-electron chi connectivity index (χ2n) is 7.27. The number of amides is 1. The molecule has 1 saturated heterocycles. The van der Waals surface area contributed by atoms with Crippen molar-refractivity contribution >= 4 is 5.91 Å². The average Bonchev–Trinajstić information content (AvgIpc) is 2.54. The summed E-state index contributed by atoms with van der Waals surface area (Å²) in [4.78, 5) is 17.5. The van der Waals surface area contributed by atoms with E-state index in [4.69, 9.17) is 10.5 Å². The summed E-state index contributed by atoms with van der Waals surface area (Å²) in [6.07, 6.45) is 6.12. The van der Waals surface area contributed by atoms with Crippen LogP contribution in [0.5, 0.6) is 0 Å². The van der Waals surface area contributed by atoms with Crippen molar-refractivity contribution in [2.75, 3.05) is 46.4 Å². The molecule has 3 aliphatic carbocycles. The number of nitrogens with zero attached hydrogens (tertiary/aromatic N) is 2. The third kappa shape index (κ3) is 2.96. The molecule has 1 heterocycles. The number of ether oxygens (including phenoxy) is 1. The molecule has 0 spiro atoms. The maximum atomic E-state index is 13.0. The number of hydrogen-bond acceptors (Lipinski definition) is 4. The highest BCUT2D eigenvalue weighted by atomic mass is 16.5. The predicted molar refractivity (Wildman–Crippen MR) is 81.9 cm³/mol. The molecule has 0 aromatic carbocycles. The maximum absolute atomic E-state index is 13.0. The first-order valence-corrected chi connectivity index (χ1v) is 8.37. The highest BCUT2D eigenvalue weighted by molar-refractivity contribution is 5.83. The normalized spacial score (nSPS) is 37.0. The van der Waals surface area contributed by atoms with Crippen molar-refractivity contribution < 1.29 is 9.53 Å². The van der Waals surface area contributed by atoms with E-state index in [9.17, 15) is 4.79 Å². The van der Waals surface area contributed by atoms with E-state index in [1.54, 1.807) is 7.11 Å². The lowest BCUT2D eigenvalue weighted by atomic mass is 9.57. The lowest BCUT2D eigenvalue weighted by Crippen LogP contribution is -2.59. The summed E-state index contributed by atoms with van der Waals surface area (Å²) in [6, 6.07) is 0. The van der Waals surface area contributed by atoms with Crippen LogP contribution in [0.15, 0.2) is 0 Å². The summed E-state index contributed by atoms with van der Waals surface area (Å²) in [7, 11) is 1.74. The van der Waals surface area contributed by atoms with Gasteiger partial charge in [-0.25, -0.2) is 0 Å². The van der Waals surface area contributed by atoms with Crippen LogP contribution in [-0.4, -0.2) is 67.7 Å². The Morgan fingerprint density at radius 3 is 2.14 bits per heavy atom. The highest BCUT2D eigenvalue weighted by Crippen LogP contribution is 2.52. The van der Waals surface area contributed by atoms with Gasteiger partial charge >= 0.3 is 0 Å². The van der Waals surface area contributed by atoms with Gasteiger partial charge in [0.25, 0.3) is 0 Å². The van der Waals surface area contributed by atoms with Gasteiger partial charge in [0.05, 0.1) is 6.61 Å². The Hall–Kier alpha value is -0.650. The fourth-order valence-corrected chi connectivity index (χ4v) is 4.27. The molecule has 0 aromatic heterocycles. The first-order valence-electron chi connectivity index (χ1n) is 8.37. The number of carbonyl (C=O) groups is 1. The van der Waals surface area contributed by atoms with Crippen LogP contribution in [0.3, 0.4) is 0 Å². The molecule has 4 fully saturated rings. The average molecular weight is 295 g/mol. The summed E-state index contributed by atoms with van der Waals surface area (Å²) in [6.45, 7) is 5.45. The molecule has 5 heteroatoms. The smallest absolute Gasteiger partial charge is 0.228 e. The summed E-state index contributed by atoms with van der Waals surface area (Å²) < 4.78 is 5.13. The SMILES string of the molecule is COCCN1CCN(C(=O)C23CCC(N)(CC2)CC3)CC1. The van der Waals surface area contributed by atoms with Gasteiger partial charge in [0.1, 0.15) is 0 Å². The molecule has 2 bridgehead atoms. The Bertz CT molecular complexity index is 366. The van der Waals surface area contributed by atoms with Crippen LogP contribution in [0.1, 0.15) is 38.5 Å². The zero-order chi connectivity index (χ0) is 14.9. The fraction of sp³-hybridized carbons (Fsp3) is 0.938. The molecule has 3 saturated carbocycles. The van der Waals surface area contributed by atoms with Gasteiger partial charge < -0.3 is 15.4 Å². The minimum absolute atomic E-state index is 0.0425. The number of hydrogen-bond donors (Lipinski definition) is 1. The van der Waals surface area contributed by atoms with Crippen molar-refractivity contribution in [2.24, 2.45) is 11.1 Å². The van der Waals surface area contributed by atoms with Crippen LogP contribution in [-0.2, 0) is 9.53 Å². The van der Waals surface area contributed by atoms with E-state index >= 15 is 0 Å². The molecule has 1 amide bonds. The van der Waals surface area contributed by atoms with E-state index < -0.39 is 0 Å². The first kappa shape index (κ1) is 15.3. The number of piperazine rings is 1. The van der Waals surface area contributed by atoms with Gasteiger partial charge in [0.2, 0.25) is 5.91 Å². The number of carbonyl (C=O) groups excluding carboxylic acids is 1. The minimum atomic E-state index is -0.0736. The molecule has 0 unspecified atom stereocenters. The lowest BCUT2D eigenvalue weighted by Gasteiger charge is -2.52. The first-order chi connectivity index (χ1) is 10.1. The van der Waals surface area contributed by atoms with Gasteiger partial charge in [-0.05, 0) is 38.5 Å². The number of methoxy groups -OCH3 is 1. The Kier molecular flexibility index (Phi) is 4.26. The molecule has 0 aromatic rings. The molecule has 1 aliphatic heterocycles. The second kappa shape index (κ2) is 5.86. The van der Waals surface area contributed by atoms with Crippen molar-refractivity contribution in [3.05, 3.63) is 0 Å². The molecular formula is C16H29N3O2. The third-order valence-electron chi connectivity index (χ3n) is 6.03. The van der Waals surface area contributed by atoms with Gasteiger partial charge in [0, 0.05) is 50.8 Å². The Morgan fingerprint density at radius 2 is 1.62 bits per heavy atom.